The molecule has 3 rings (SSSR count). The first-order valence-electron chi connectivity index (χ1n) is 9.38. The molecule has 2 aromatic rings. The van der Waals surface area contributed by atoms with Crippen molar-refractivity contribution < 1.29 is 41.0 Å². The molecule has 0 saturated carbocycles. The van der Waals surface area contributed by atoms with E-state index in [0.29, 0.717) is 0 Å². The number of carbonyl (C=O) groups is 2. The lowest BCUT2D eigenvalue weighted by molar-refractivity contribution is -0.145. The van der Waals surface area contributed by atoms with Gasteiger partial charge in [-0.1, -0.05) is 23.2 Å². The van der Waals surface area contributed by atoms with Crippen molar-refractivity contribution >= 4 is 52.6 Å². The number of anilines is 1. The quantitative estimate of drug-likeness (QED) is 0.166. The fourth-order valence-corrected chi connectivity index (χ4v) is 3.51. The van der Waals surface area contributed by atoms with E-state index in [0.717, 1.165) is 6.08 Å². The van der Waals surface area contributed by atoms with Gasteiger partial charge >= 0.3 is 5.97 Å². The summed E-state index contributed by atoms with van der Waals surface area (Å²) >= 11 is 12.1. The molecule has 0 N–H and O–H groups in total. The maximum Gasteiger partial charge on any atom is 0.344 e. The van der Waals surface area contributed by atoms with E-state index in [4.69, 9.17) is 32.7 Å². The predicted molar refractivity (Wildman–Crippen MR) is 113 cm³/mol. The van der Waals surface area contributed by atoms with Crippen LogP contribution in [-0.4, -0.2) is 30.8 Å². The van der Waals surface area contributed by atoms with Gasteiger partial charge in [-0.25, -0.2) is 26.7 Å². The SMILES string of the molecule is CCOC(=O)COc1c(Cl)cc(Cl)cc1/C=C1\C(=O)N(c2c(F)c(F)c(F)c(F)c2F)N=C1C. The van der Waals surface area contributed by atoms with Gasteiger partial charge in [-0.2, -0.15) is 10.1 Å². The van der Waals surface area contributed by atoms with Crippen molar-refractivity contribution in [1.29, 1.82) is 0 Å². The standard InChI is InChI=1S/C21H13Cl2F5N2O4/c1-3-33-13(31)7-34-20-9(4-10(22)6-12(20)23)5-11-8(2)29-30(21(11)32)19-17(27)15(25)14(24)16(26)18(19)28/h4-6H,3,7H2,1-2H3/b11-5-. The first-order chi connectivity index (χ1) is 16.0. The lowest BCUT2D eigenvalue weighted by atomic mass is 10.1. The zero-order valence-corrected chi connectivity index (χ0v) is 18.8. The molecule has 0 atom stereocenters. The number of esters is 1. The summed E-state index contributed by atoms with van der Waals surface area (Å²) in [4.78, 5) is 24.5. The van der Waals surface area contributed by atoms with Crippen LogP contribution in [0.3, 0.4) is 0 Å². The van der Waals surface area contributed by atoms with Crippen LogP contribution in [0.2, 0.25) is 10.0 Å². The molecule has 1 heterocycles. The van der Waals surface area contributed by atoms with E-state index in [1.54, 1.807) is 6.92 Å². The van der Waals surface area contributed by atoms with E-state index in [-0.39, 0.29) is 44.3 Å². The van der Waals surface area contributed by atoms with Gasteiger partial charge < -0.3 is 9.47 Å². The van der Waals surface area contributed by atoms with Crippen LogP contribution in [0.5, 0.6) is 5.75 Å². The number of rotatable bonds is 6. The van der Waals surface area contributed by atoms with E-state index in [2.05, 4.69) is 5.10 Å². The highest BCUT2D eigenvalue weighted by molar-refractivity contribution is 6.36. The number of halogens is 7. The van der Waals surface area contributed by atoms with E-state index in [9.17, 15) is 31.5 Å². The second-order valence-corrected chi connectivity index (χ2v) is 7.52. The highest BCUT2D eigenvalue weighted by Crippen LogP contribution is 2.37. The van der Waals surface area contributed by atoms with Gasteiger partial charge in [0.2, 0.25) is 5.82 Å². The third kappa shape index (κ3) is 4.71. The lowest BCUT2D eigenvalue weighted by Crippen LogP contribution is -2.25. The minimum atomic E-state index is -2.38. The van der Waals surface area contributed by atoms with Gasteiger partial charge in [0.15, 0.2) is 29.9 Å². The number of ether oxygens (including phenoxy) is 2. The molecule has 1 amide bonds. The summed E-state index contributed by atoms with van der Waals surface area (Å²) in [5, 5.41) is 3.76. The molecule has 34 heavy (non-hydrogen) atoms. The van der Waals surface area contributed by atoms with Crippen molar-refractivity contribution in [3.8, 4) is 5.75 Å². The number of nitrogens with zero attached hydrogens (tertiary/aromatic N) is 2. The Hall–Kier alpha value is -3.18. The zero-order chi connectivity index (χ0) is 25.3. The Morgan fingerprint density at radius 2 is 1.65 bits per heavy atom. The molecule has 6 nitrogen and oxygen atoms in total. The molecule has 0 unspecified atom stereocenters. The minimum Gasteiger partial charge on any atom is -0.480 e. The van der Waals surface area contributed by atoms with E-state index in [1.807, 2.05) is 0 Å². The van der Waals surface area contributed by atoms with Gasteiger partial charge in [0, 0.05) is 10.6 Å². The van der Waals surface area contributed by atoms with E-state index in [1.165, 1.54) is 19.1 Å². The first kappa shape index (κ1) is 25.4. The highest BCUT2D eigenvalue weighted by Gasteiger charge is 2.37. The van der Waals surface area contributed by atoms with Crippen LogP contribution in [-0.2, 0) is 14.3 Å². The zero-order valence-electron chi connectivity index (χ0n) is 17.3. The summed E-state index contributed by atoms with van der Waals surface area (Å²) < 4.78 is 79.2. The summed E-state index contributed by atoms with van der Waals surface area (Å²) in [6.45, 7) is 2.42. The molecule has 180 valence electrons. The minimum absolute atomic E-state index is 0.0414. The second-order valence-electron chi connectivity index (χ2n) is 6.68. The Kier molecular flexibility index (Phi) is 7.47. The Balaban J connectivity index is 2.05. The molecule has 0 saturated heterocycles. The molecular weight excluding hydrogens is 510 g/mol. The number of amides is 1. The van der Waals surface area contributed by atoms with Crippen LogP contribution in [0.1, 0.15) is 19.4 Å². The van der Waals surface area contributed by atoms with Crippen LogP contribution >= 0.6 is 23.2 Å². The first-order valence-corrected chi connectivity index (χ1v) is 10.1. The van der Waals surface area contributed by atoms with Crippen LogP contribution in [0, 0.1) is 29.1 Å². The van der Waals surface area contributed by atoms with E-state index >= 15 is 0 Å². The largest absolute Gasteiger partial charge is 0.480 e. The van der Waals surface area contributed by atoms with Crippen LogP contribution in [0.15, 0.2) is 22.8 Å². The van der Waals surface area contributed by atoms with Gasteiger partial charge in [-0.3, -0.25) is 4.79 Å². The Morgan fingerprint density at radius 3 is 2.24 bits per heavy atom. The molecule has 1 aliphatic heterocycles. The molecule has 0 bridgehead atoms. The molecule has 0 fully saturated rings. The summed E-state index contributed by atoms with van der Waals surface area (Å²) in [6.07, 6.45) is 1.13. The normalized spacial score (nSPS) is 14.6. The van der Waals surface area contributed by atoms with Gasteiger partial charge in [0.25, 0.3) is 5.91 Å². The Labute approximate surface area is 199 Å². The van der Waals surface area contributed by atoms with E-state index < -0.39 is 53.3 Å². The summed E-state index contributed by atoms with van der Waals surface area (Å²) in [6, 6.07) is 2.60. The van der Waals surface area contributed by atoms with Crippen molar-refractivity contribution in [1.82, 2.24) is 0 Å². The van der Waals surface area contributed by atoms with Crippen LogP contribution in [0.25, 0.3) is 6.08 Å². The number of carbonyl (C=O) groups excluding carboxylic acids is 2. The summed E-state index contributed by atoms with van der Waals surface area (Å²) in [5.41, 5.74) is -1.88. The molecular formula is C21H13Cl2F5N2O4. The monoisotopic (exact) mass is 522 g/mol. The number of hydrogen-bond acceptors (Lipinski definition) is 5. The maximum absolute atomic E-state index is 14.2. The van der Waals surface area contributed by atoms with Crippen molar-refractivity contribution in [2.75, 3.05) is 18.2 Å². The van der Waals surface area contributed by atoms with Crippen molar-refractivity contribution in [3.63, 3.8) is 0 Å². The summed E-state index contributed by atoms with van der Waals surface area (Å²) in [7, 11) is 0. The van der Waals surface area contributed by atoms with Crippen LogP contribution in [0.4, 0.5) is 27.6 Å². The average Bonchev–Trinajstić information content (AvgIpc) is 3.04. The number of hydrogen-bond donors (Lipinski definition) is 0. The molecule has 0 spiro atoms. The smallest absolute Gasteiger partial charge is 0.344 e. The average molecular weight is 523 g/mol. The third-order valence-corrected chi connectivity index (χ3v) is 4.94. The fourth-order valence-electron chi connectivity index (χ4n) is 2.94. The third-order valence-electron chi connectivity index (χ3n) is 4.44. The lowest BCUT2D eigenvalue weighted by Gasteiger charge is -2.15. The highest BCUT2D eigenvalue weighted by atomic mass is 35.5. The molecule has 13 heteroatoms. The van der Waals surface area contributed by atoms with Crippen molar-refractivity contribution in [3.05, 3.63) is 62.4 Å². The van der Waals surface area contributed by atoms with Gasteiger partial charge in [-0.05, 0) is 32.1 Å². The van der Waals surface area contributed by atoms with Gasteiger partial charge in [0.1, 0.15) is 11.4 Å². The van der Waals surface area contributed by atoms with Gasteiger partial charge in [0.05, 0.1) is 22.9 Å². The summed E-state index contributed by atoms with van der Waals surface area (Å²) in [5.74, 6) is -13.3. The molecule has 0 aliphatic carbocycles. The molecule has 0 radical (unpaired) electrons. The number of hydrazone groups is 1. The fraction of sp³-hybridized carbons (Fsp3) is 0.190. The maximum atomic E-state index is 14.2. The molecule has 2 aromatic carbocycles. The topological polar surface area (TPSA) is 68.2 Å². The number of benzene rings is 2. The second kappa shape index (κ2) is 9.98. The van der Waals surface area contributed by atoms with Crippen molar-refractivity contribution in [2.24, 2.45) is 5.10 Å². The molecule has 1 aliphatic rings. The predicted octanol–water partition coefficient (Wildman–Crippen LogP) is 5.44. The Morgan fingerprint density at radius 1 is 1.06 bits per heavy atom. The molecule has 0 aromatic heterocycles. The Bertz CT molecular complexity index is 1240. The van der Waals surface area contributed by atoms with Gasteiger partial charge in [-0.15, -0.1) is 0 Å². The van der Waals surface area contributed by atoms with Crippen LogP contribution < -0.4 is 9.75 Å². The van der Waals surface area contributed by atoms with Crippen molar-refractivity contribution in [2.45, 2.75) is 13.8 Å².